The summed E-state index contributed by atoms with van der Waals surface area (Å²) in [5.74, 6) is 0.128. The highest BCUT2D eigenvalue weighted by molar-refractivity contribution is 9.10. The Morgan fingerprint density at radius 3 is 2.70 bits per heavy atom. The molecule has 2 rings (SSSR count). The molecule has 0 spiro atoms. The molecule has 0 bridgehead atoms. The van der Waals surface area contributed by atoms with Gasteiger partial charge in [0.25, 0.3) is 5.91 Å². The van der Waals surface area contributed by atoms with Gasteiger partial charge >= 0.3 is 0 Å². The number of hydrogen-bond donors (Lipinski definition) is 0. The number of nitrogens with zero attached hydrogens (tertiary/aromatic N) is 2. The lowest BCUT2D eigenvalue weighted by Gasteiger charge is -2.34. The summed E-state index contributed by atoms with van der Waals surface area (Å²) < 4.78 is 6.01. The van der Waals surface area contributed by atoms with Gasteiger partial charge in [-0.1, -0.05) is 22.0 Å². The van der Waals surface area contributed by atoms with Crippen LogP contribution in [0.1, 0.15) is 16.8 Å². The molecule has 5 heteroatoms. The molecular formula is C15H21BrN2O2. The van der Waals surface area contributed by atoms with Crippen molar-refractivity contribution in [3.63, 3.8) is 0 Å². The number of halogens is 1. The summed E-state index contributed by atoms with van der Waals surface area (Å²) in [6, 6.07) is 7.59. The maximum atomic E-state index is 12.4. The minimum Gasteiger partial charge on any atom is -0.385 e. The van der Waals surface area contributed by atoms with Crippen LogP contribution < -0.4 is 0 Å². The van der Waals surface area contributed by atoms with E-state index in [1.165, 1.54) is 0 Å². The third-order valence-corrected chi connectivity index (χ3v) is 4.05. The van der Waals surface area contributed by atoms with Crippen LogP contribution in [0.3, 0.4) is 0 Å². The predicted octanol–water partition coefficient (Wildman–Crippen LogP) is 2.24. The number of piperazine rings is 1. The smallest absolute Gasteiger partial charge is 0.253 e. The fourth-order valence-electron chi connectivity index (χ4n) is 2.41. The zero-order valence-corrected chi connectivity index (χ0v) is 13.4. The summed E-state index contributed by atoms with van der Waals surface area (Å²) in [4.78, 5) is 16.7. The van der Waals surface area contributed by atoms with Crippen molar-refractivity contribution in [2.75, 3.05) is 46.4 Å². The number of carbonyl (C=O) groups excluding carboxylic acids is 1. The molecule has 4 nitrogen and oxygen atoms in total. The van der Waals surface area contributed by atoms with E-state index >= 15 is 0 Å². The van der Waals surface area contributed by atoms with Crippen LogP contribution in [0.15, 0.2) is 28.7 Å². The summed E-state index contributed by atoms with van der Waals surface area (Å²) in [5, 5.41) is 0. The number of methoxy groups -OCH3 is 1. The first-order chi connectivity index (χ1) is 9.70. The van der Waals surface area contributed by atoms with Gasteiger partial charge in [0.15, 0.2) is 0 Å². The number of amides is 1. The highest BCUT2D eigenvalue weighted by Gasteiger charge is 2.21. The number of ether oxygens (including phenoxy) is 1. The van der Waals surface area contributed by atoms with Crippen LogP contribution in [-0.4, -0.2) is 62.1 Å². The number of carbonyl (C=O) groups is 1. The molecule has 1 aliphatic heterocycles. The molecule has 1 fully saturated rings. The molecule has 1 heterocycles. The summed E-state index contributed by atoms with van der Waals surface area (Å²) in [6.07, 6.45) is 1.05. The van der Waals surface area contributed by atoms with Gasteiger partial charge in [-0.15, -0.1) is 0 Å². The first-order valence-electron chi connectivity index (χ1n) is 6.97. The lowest BCUT2D eigenvalue weighted by Crippen LogP contribution is -2.48. The molecule has 1 aromatic rings. The minimum absolute atomic E-state index is 0.128. The fraction of sp³-hybridized carbons (Fsp3) is 0.533. The van der Waals surface area contributed by atoms with Crippen LogP contribution in [-0.2, 0) is 4.74 Å². The first kappa shape index (κ1) is 15.5. The summed E-state index contributed by atoms with van der Waals surface area (Å²) >= 11 is 3.41. The second kappa shape index (κ2) is 7.76. The van der Waals surface area contributed by atoms with E-state index < -0.39 is 0 Å². The zero-order chi connectivity index (χ0) is 14.4. The number of benzene rings is 1. The van der Waals surface area contributed by atoms with Gasteiger partial charge in [0.2, 0.25) is 0 Å². The predicted molar refractivity (Wildman–Crippen MR) is 83.0 cm³/mol. The largest absolute Gasteiger partial charge is 0.385 e. The molecule has 0 atom stereocenters. The third-order valence-electron chi connectivity index (χ3n) is 3.55. The van der Waals surface area contributed by atoms with E-state index in [4.69, 9.17) is 4.74 Å². The molecule has 0 saturated carbocycles. The maximum Gasteiger partial charge on any atom is 0.253 e. The molecule has 0 radical (unpaired) electrons. The second-order valence-electron chi connectivity index (χ2n) is 4.99. The Kier molecular flexibility index (Phi) is 6.01. The Morgan fingerprint density at radius 2 is 2.05 bits per heavy atom. The van der Waals surface area contributed by atoms with Gasteiger partial charge in [-0.25, -0.2) is 0 Å². The second-order valence-corrected chi connectivity index (χ2v) is 5.91. The molecule has 0 N–H and O–H groups in total. The van der Waals surface area contributed by atoms with Crippen LogP contribution in [0.5, 0.6) is 0 Å². The van der Waals surface area contributed by atoms with Gasteiger partial charge in [-0.05, 0) is 24.6 Å². The molecule has 1 amide bonds. The first-order valence-corrected chi connectivity index (χ1v) is 7.76. The summed E-state index contributed by atoms with van der Waals surface area (Å²) in [6.45, 7) is 5.35. The van der Waals surface area contributed by atoms with Gasteiger partial charge in [-0.2, -0.15) is 0 Å². The lowest BCUT2D eigenvalue weighted by molar-refractivity contribution is 0.0624. The van der Waals surface area contributed by atoms with Gasteiger partial charge in [-0.3, -0.25) is 9.69 Å². The number of hydrogen-bond acceptors (Lipinski definition) is 3. The maximum absolute atomic E-state index is 12.4. The molecular weight excluding hydrogens is 320 g/mol. The Balaban J connectivity index is 1.83. The van der Waals surface area contributed by atoms with Crippen molar-refractivity contribution in [2.24, 2.45) is 0 Å². The Hall–Kier alpha value is -0.910. The standard InChI is InChI=1S/C15H21BrN2O2/c1-20-11-3-6-17-7-9-18(10-8-17)15(19)13-4-2-5-14(16)12-13/h2,4-5,12H,3,6-11H2,1H3. The van der Waals surface area contributed by atoms with Crippen molar-refractivity contribution in [2.45, 2.75) is 6.42 Å². The molecule has 110 valence electrons. The quantitative estimate of drug-likeness (QED) is 0.770. The number of rotatable bonds is 5. The minimum atomic E-state index is 0.128. The van der Waals surface area contributed by atoms with Crippen LogP contribution in [0.25, 0.3) is 0 Å². The topological polar surface area (TPSA) is 32.8 Å². The van der Waals surface area contributed by atoms with E-state index in [-0.39, 0.29) is 5.91 Å². The molecule has 20 heavy (non-hydrogen) atoms. The molecule has 1 aliphatic rings. The van der Waals surface area contributed by atoms with Crippen LogP contribution in [0.2, 0.25) is 0 Å². The van der Waals surface area contributed by atoms with Gasteiger partial charge in [0, 0.05) is 56.5 Å². The van der Waals surface area contributed by atoms with Crippen molar-refractivity contribution in [1.29, 1.82) is 0 Å². The Morgan fingerprint density at radius 1 is 1.30 bits per heavy atom. The molecule has 1 aromatic carbocycles. The van der Waals surface area contributed by atoms with Crippen LogP contribution in [0, 0.1) is 0 Å². The van der Waals surface area contributed by atoms with E-state index in [9.17, 15) is 4.79 Å². The summed E-state index contributed by atoms with van der Waals surface area (Å²) in [7, 11) is 1.73. The highest BCUT2D eigenvalue weighted by atomic mass is 79.9. The van der Waals surface area contributed by atoms with Crippen molar-refractivity contribution in [3.8, 4) is 0 Å². The monoisotopic (exact) mass is 340 g/mol. The van der Waals surface area contributed by atoms with E-state index in [0.717, 1.165) is 55.8 Å². The third kappa shape index (κ3) is 4.30. The lowest BCUT2D eigenvalue weighted by atomic mass is 10.2. The zero-order valence-electron chi connectivity index (χ0n) is 11.8. The molecule has 0 aliphatic carbocycles. The molecule has 0 aromatic heterocycles. The van der Waals surface area contributed by atoms with Crippen LogP contribution in [0.4, 0.5) is 0 Å². The van der Waals surface area contributed by atoms with Crippen LogP contribution >= 0.6 is 15.9 Å². The average Bonchev–Trinajstić information content (AvgIpc) is 2.47. The summed E-state index contributed by atoms with van der Waals surface area (Å²) in [5.41, 5.74) is 0.757. The van der Waals surface area contributed by atoms with Crippen molar-refractivity contribution in [1.82, 2.24) is 9.80 Å². The normalized spacial score (nSPS) is 16.4. The molecule has 0 unspecified atom stereocenters. The van der Waals surface area contributed by atoms with Crippen molar-refractivity contribution in [3.05, 3.63) is 34.3 Å². The van der Waals surface area contributed by atoms with Crippen molar-refractivity contribution < 1.29 is 9.53 Å². The SMILES string of the molecule is COCCCN1CCN(C(=O)c2cccc(Br)c2)CC1. The fourth-order valence-corrected chi connectivity index (χ4v) is 2.81. The van der Waals surface area contributed by atoms with E-state index in [0.29, 0.717) is 0 Å². The van der Waals surface area contributed by atoms with Gasteiger partial charge < -0.3 is 9.64 Å². The van der Waals surface area contributed by atoms with Gasteiger partial charge in [0.1, 0.15) is 0 Å². The highest BCUT2D eigenvalue weighted by Crippen LogP contribution is 2.14. The Bertz CT molecular complexity index is 445. The van der Waals surface area contributed by atoms with Gasteiger partial charge in [0.05, 0.1) is 0 Å². The molecule has 1 saturated heterocycles. The average molecular weight is 341 g/mol. The van der Waals surface area contributed by atoms with Crippen molar-refractivity contribution >= 4 is 21.8 Å². The van der Waals surface area contributed by atoms with E-state index in [2.05, 4.69) is 20.8 Å². The van der Waals surface area contributed by atoms with E-state index in [1.54, 1.807) is 7.11 Å². The van der Waals surface area contributed by atoms with E-state index in [1.807, 2.05) is 29.2 Å². The Labute approximate surface area is 128 Å².